The number of benzene rings is 2. The van der Waals surface area contributed by atoms with Gasteiger partial charge in [-0.15, -0.1) is 0 Å². The van der Waals surface area contributed by atoms with Crippen molar-refractivity contribution in [3.05, 3.63) is 58.1 Å². The Balaban J connectivity index is 2.20. The average molecular weight is 545 g/mol. The van der Waals surface area contributed by atoms with Gasteiger partial charge < -0.3 is 15.0 Å². The van der Waals surface area contributed by atoms with Gasteiger partial charge in [-0.1, -0.05) is 41.4 Å². The lowest BCUT2D eigenvalue weighted by Gasteiger charge is -2.29. The van der Waals surface area contributed by atoms with Crippen LogP contribution in [-0.4, -0.2) is 57.6 Å². The van der Waals surface area contributed by atoms with Gasteiger partial charge in [-0.25, -0.2) is 8.42 Å². The van der Waals surface area contributed by atoms with Crippen LogP contribution in [0.5, 0.6) is 5.75 Å². The summed E-state index contributed by atoms with van der Waals surface area (Å²) in [5, 5.41) is 3.30. The molecule has 1 unspecified atom stereocenters. The number of amides is 2. The van der Waals surface area contributed by atoms with Crippen molar-refractivity contribution in [2.75, 3.05) is 30.8 Å². The number of nitrogens with one attached hydrogen (secondary N) is 1. The third-order valence-corrected chi connectivity index (χ3v) is 7.26. The van der Waals surface area contributed by atoms with Crippen LogP contribution < -0.4 is 14.4 Å². The van der Waals surface area contributed by atoms with E-state index >= 15 is 0 Å². The molecule has 2 aromatic rings. The Hall–Kier alpha value is -2.49. The second-order valence-corrected chi connectivity index (χ2v) is 10.6. The lowest BCUT2D eigenvalue weighted by Crippen LogP contribution is -2.46. The minimum absolute atomic E-state index is 0.0332. The van der Waals surface area contributed by atoms with E-state index in [-0.39, 0.29) is 37.7 Å². The number of rotatable bonds is 12. The van der Waals surface area contributed by atoms with Gasteiger partial charge in [0.2, 0.25) is 21.8 Å². The van der Waals surface area contributed by atoms with Crippen molar-refractivity contribution in [1.82, 2.24) is 10.2 Å². The van der Waals surface area contributed by atoms with Crippen molar-refractivity contribution in [3.8, 4) is 5.75 Å². The van der Waals surface area contributed by atoms with Gasteiger partial charge in [-0.3, -0.25) is 13.9 Å². The standard InChI is InChI=1S/C24H31Cl2N3O5S/c1-5-34-22-10-7-6-9-21(22)29(35(4,32)33)14-8-11-23(30)28(17(2)24(31)27-3)16-18-12-13-19(25)20(26)15-18/h6-7,9-10,12-13,15,17H,5,8,11,14,16H2,1-4H3,(H,27,31). The Morgan fingerprint density at radius 2 is 1.80 bits per heavy atom. The number of carbonyl (C=O) groups excluding carboxylic acids is 2. The number of likely N-dealkylation sites (N-methyl/N-ethyl adjacent to an activating group) is 1. The van der Waals surface area contributed by atoms with Crippen LogP contribution in [0.15, 0.2) is 42.5 Å². The number of ether oxygens (including phenoxy) is 1. The molecule has 0 aliphatic carbocycles. The van der Waals surface area contributed by atoms with Crippen molar-refractivity contribution >= 4 is 50.7 Å². The molecule has 0 bridgehead atoms. The summed E-state index contributed by atoms with van der Waals surface area (Å²) in [6.07, 6.45) is 1.39. The van der Waals surface area contributed by atoms with Crippen LogP contribution in [0, 0.1) is 0 Å². The predicted molar refractivity (Wildman–Crippen MR) is 140 cm³/mol. The molecular weight excluding hydrogens is 513 g/mol. The molecule has 0 radical (unpaired) electrons. The van der Waals surface area contributed by atoms with Gasteiger partial charge in [0.05, 0.1) is 28.6 Å². The third-order valence-electron chi connectivity index (χ3n) is 5.34. The molecule has 0 saturated carbocycles. The summed E-state index contributed by atoms with van der Waals surface area (Å²) in [7, 11) is -2.13. The second-order valence-electron chi connectivity index (χ2n) is 7.90. The van der Waals surface area contributed by atoms with E-state index in [4.69, 9.17) is 27.9 Å². The molecule has 8 nitrogen and oxygen atoms in total. The second kappa shape index (κ2) is 13.0. The number of para-hydroxylation sites is 2. The van der Waals surface area contributed by atoms with Crippen LogP contribution >= 0.6 is 23.2 Å². The van der Waals surface area contributed by atoms with Crippen LogP contribution in [0.4, 0.5) is 5.69 Å². The largest absolute Gasteiger partial charge is 0.492 e. The first-order chi connectivity index (χ1) is 16.5. The van der Waals surface area contributed by atoms with Crippen molar-refractivity contribution in [2.45, 2.75) is 39.3 Å². The minimum Gasteiger partial charge on any atom is -0.492 e. The SMILES string of the molecule is CCOc1ccccc1N(CCCC(=O)N(Cc1ccc(Cl)c(Cl)c1)C(C)C(=O)NC)S(C)(=O)=O. The van der Waals surface area contributed by atoms with Crippen LogP contribution in [-0.2, 0) is 26.2 Å². The van der Waals surface area contributed by atoms with Crippen LogP contribution in [0.1, 0.15) is 32.3 Å². The Morgan fingerprint density at radius 3 is 2.40 bits per heavy atom. The highest BCUT2D eigenvalue weighted by Gasteiger charge is 2.27. The molecule has 0 spiro atoms. The molecule has 2 amide bonds. The lowest BCUT2D eigenvalue weighted by atomic mass is 10.1. The first-order valence-electron chi connectivity index (χ1n) is 11.1. The van der Waals surface area contributed by atoms with E-state index in [9.17, 15) is 18.0 Å². The van der Waals surface area contributed by atoms with E-state index in [0.717, 1.165) is 6.26 Å². The molecule has 0 aliphatic rings. The van der Waals surface area contributed by atoms with Crippen molar-refractivity contribution in [3.63, 3.8) is 0 Å². The topological polar surface area (TPSA) is 96.0 Å². The maximum absolute atomic E-state index is 13.2. The van der Waals surface area contributed by atoms with Gasteiger partial charge in [0.1, 0.15) is 11.8 Å². The van der Waals surface area contributed by atoms with Crippen LogP contribution in [0.25, 0.3) is 0 Å². The summed E-state index contributed by atoms with van der Waals surface area (Å²) in [5.74, 6) is -0.165. The molecule has 0 aromatic heterocycles. The zero-order valence-electron chi connectivity index (χ0n) is 20.3. The molecule has 2 rings (SSSR count). The van der Waals surface area contributed by atoms with E-state index < -0.39 is 16.1 Å². The maximum atomic E-state index is 13.2. The van der Waals surface area contributed by atoms with E-state index in [0.29, 0.717) is 33.7 Å². The highest BCUT2D eigenvalue weighted by atomic mass is 35.5. The fraction of sp³-hybridized carbons (Fsp3) is 0.417. The van der Waals surface area contributed by atoms with Crippen molar-refractivity contribution in [2.24, 2.45) is 0 Å². The molecule has 35 heavy (non-hydrogen) atoms. The Bertz CT molecular complexity index is 1140. The number of anilines is 1. The third kappa shape index (κ3) is 8.02. The molecule has 0 saturated heterocycles. The summed E-state index contributed by atoms with van der Waals surface area (Å²) >= 11 is 12.1. The summed E-state index contributed by atoms with van der Waals surface area (Å²) in [6, 6.07) is 11.1. The van der Waals surface area contributed by atoms with Crippen molar-refractivity contribution in [1.29, 1.82) is 0 Å². The van der Waals surface area contributed by atoms with Crippen LogP contribution in [0.3, 0.4) is 0 Å². The smallest absolute Gasteiger partial charge is 0.242 e. The summed E-state index contributed by atoms with van der Waals surface area (Å²) in [5.41, 5.74) is 1.13. The van der Waals surface area contributed by atoms with Crippen molar-refractivity contribution < 1.29 is 22.7 Å². The minimum atomic E-state index is -3.63. The fourth-order valence-electron chi connectivity index (χ4n) is 3.55. The highest BCUT2D eigenvalue weighted by Crippen LogP contribution is 2.30. The fourth-order valence-corrected chi connectivity index (χ4v) is 4.84. The molecule has 0 heterocycles. The lowest BCUT2D eigenvalue weighted by molar-refractivity contribution is -0.140. The molecule has 0 fully saturated rings. The van der Waals surface area contributed by atoms with E-state index in [1.165, 1.54) is 16.3 Å². The number of halogens is 2. The first-order valence-corrected chi connectivity index (χ1v) is 13.7. The maximum Gasteiger partial charge on any atom is 0.242 e. The summed E-state index contributed by atoms with van der Waals surface area (Å²) < 4.78 is 31.9. The first kappa shape index (κ1) is 28.7. The number of nitrogens with zero attached hydrogens (tertiary/aromatic N) is 2. The van der Waals surface area contributed by atoms with Gasteiger partial charge in [0.15, 0.2) is 0 Å². The van der Waals surface area contributed by atoms with Gasteiger partial charge in [0.25, 0.3) is 0 Å². The molecular formula is C24H31Cl2N3O5S. The molecule has 0 aliphatic heterocycles. The Kier molecular flexibility index (Phi) is 10.7. The van der Waals surface area contributed by atoms with E-state index in [1.807, 2.05) is 6.92 Å². The van der Waals surface area contributed by atoms with Gasteiger partial charge >= 0.3 is 0 Å². The quantitative estimate of drug-likeness (QED) is 0.434. The van der Waals surface area contributed by atoms with Crippen LogP contribution in [0.2, 0.25) is 10.0 Å². The number of sulfonamides is 1. The monoisotopic (exact) mass is 543 g/mol. The molecule has 2 aromatic carbocycles. The van der Waals surface area contributed by atoms with E-state index in [2.05, 4.69) is 5.32 Å². The Morgan fingerprint density at radius 1 is 1.11 bits per heavy atom. The number of hydrogen-bond acceptors (Lipinski definition) is 5. The zero-order valence-corrected chi connectivity index (χ0v) is 22.6. The van der Waals surface area contributed by atoms with Gasteiger partial charge in [-0.05, 0) is 50.1 Å². The predicted octanol–water partition coefficient (Wildman–Crippen LogP) is 4.10. The average Bonchev–Trinajstić information content (AvgIpc) is 2.81. The molecule has 1 N–H and O–H groups in total. The van der Waals surface area contributed by atoms with Gasteiger partial charge in [-0.2, -0.15) is 0 Å². The Labute approximate surface area is 217 Å². The molecule has 1 atom stereocenters. The van der Waals surface area contributed by atoms with Gasteiger partial charge in [0, 0.05) is 26.6 Å². The normalized spacial score (nSPS) is 12.1. The number of carbonyl (C=O) groups is 2. The molecule has 11 heteroatoms. The summed E-state index contributed by atoms with van der Waals surface area (Å²) in [4.78, 5) is 26.9. The summed E-state index contributed by atoms with van der Waals surface area (Å²) in [6.45, 7) is 4.05. The number of hydrogen-bond donors (Lipinski definition) is 1. The zero-order chi connectivity index (χ0) is 26.2. The van der Waals surface area contributed by atoms with E-state index in [1.54, 1.807) is 49.4 Å². The highest BCUT2D eigenvalue weighted by molar-refractivity contribution is 7.92. The molecule has 192 valence electrons.